The molecule has 0 aromatic carbocycles. The van der Waals surface area contributed by atoms with E-state index in [1.807, 2.05) is 0 Å². The summed E-state index contributed by atoms with van der Waals surface area (Å²) in [5.74, 6) is 0.329. The molecule has 19 heteroatoms. The van der Waals surface area contributed by atoms with Gasteiger partial charge in [-0.1, -0.05) is 402 Å². The molecule has 0 aliphatic rings. The van der Waals surface area contributed by atoms with Crippen LogP contribution in [0.15, 0.2) is 0 Å². The first-order valence-corrected chi connectivity index (χ1v) is 47.4. The predicted molar refractivity (Wildman–Crippen MR) is 432 cm³/mol. The Morgan fingerprint density at radius 3 is 0.724 bits per heavy atom. The Morgan fingerprint density at radius 2 is 0.486 bits per heavy atom. The monoisotopic (exact) mass is 1540 g/mol. The molecule has 0 fully saturated rings. The van der Waals surface area contributed by atoms with Crippen molar-refractivity contribution in [3.05, 3.63) is 0 Å². The molecule has 0 saturated heterocycles. The maximum atomic E-state index is 13.1. The van der Waals surface area contributed by atoms with Crippen molar-refractivity contribution in [1.82, 2.24) is 0 Å². The van der Waals surface area contributed by atoms with Gasteiger partial charge in [0.05, 0.1) is 26.4 Å². The van der Waals surface area contributed by atoms with E-state index in [0.29, 0.717) is 25.7 Å². The van der Waals surface area contributed by atoms with Crippen molar-refractivity contribution >= 4 is 39.5 Å². The quantitative estimate of drug-likeness (QED) is 0.0222. The molecule has 3 N–H and O–H groups in total. The second-order valence-electron chi connectivity index (χ2n) is 31.9. The molecule has 624 valence electrons. The minimum atomic E-state index is -4.97. The third-order valence-electron chi connectivity index (χ3n) is 20.9. The molecule has 0 amide bonds. The molecule has 17 nitrogen and oxygen atoms in total. The number of rotatable bonds is 84. The molecule has 0 spiro atoms. The third kappa shape index (κ3) is 77.2. The van der Waals surface area contributed by atoms with E-state index in [0.717, 1.165) is 108 Å². The van der Waals surface area contributed by atoms with Crippen LogP contribution in [0, 0.1) is 17.8 Å². The number of ether oxygens (including phenoxy) is 4. The zero-order chi connectivity index (χ0) is 77.2. The number of phosphoric acid groups is 2. The molecule has 0 aliphatic heterocycles. The van der Waals surface area contributed by atoms with Crippen molar-refractivity contribution in [3.8, 4) is 0 Å². The zero-order valence-electron chi connectivity index (χ0n) is 69.2. The maximum absolute atomic E-state index is 13.1. The van der Waals surface area contributed by atoms with E-state index in [4.69, 9.17) is 37.0 Å². The zero-order valence-corrected chi connectivity index (χ0v) is 71.0. The van der Waals surface area contributed by atoms with Crippen molar-refractivity contribution in [3.63, 3.8) is 0 Å². The molecule has 7 atom stereocenters. The molecule has 105 heavy (non-hydrogen) atoms. The molecule has 0 bridgehead atoms. The molecule has 0 aliphatic carbocycles. The fourth-order valence-corrected chi connectivity index (χ4v) is 14.9. The number of hydrogen-bond donors (Lipinski definition) is 3. The summed E-state index contributed by atoms with van der Waals surface area (Å²) < 4.78 is 68.9. The normalized spacial score (nSPS) is 14.4. The molecule has 0 saturated carbocycles. The summed E-state index contributed by atoms with van der Waals surface area (Å²) in [5.41, 5.74) is 0. The Morgan fingerprint density at radius 1 is 0.276 bits per heavy atom. The minimum Gasteiger partial charge on any atom is -0.462 e. The van der Waals surface area contributed by atoms with Gasteiger partial charge in [0.25, 0.3) is 0 Å². The van der Waals surface area contributed by atoms with Gasteiger partial charge in [0.2, 0.25) is 0 Å². The van der Waals surface area contributed by atoms with Crippen LogP contribution in [0.1, 0.15) is 453 Å². The Hall–Kier alpha value is -1.94. The van der Waals surface area contributed by atoms with E-state index in [1.54, 1.807) is 0 Å². The lowest BCUT2D eigenvalue weighted by molar-refractivity contribution is -0.161. The van der Waals surface area contributed by atoms with Crippen LogP contribution < -0.4 is 0 Å². The highest BCUT2D eigenvalue weighted by Crippen LogP contribution is 2.45. The summed E-state index contributed by atoms with van der Waals surface area (Å²) in [6.07, 6.45) is 66.5. The lowest BCUT2D eigenvalue weighted by Gasteiger charge is -2.21. The first kappa shape index (κ1) is 103. The number of carbonyl (C=O) groups excluding carboxylic acids is 4. The summed E-state index contributed by atoms with van der Waals surface area (Å²) in [7, 11) is -9.93. The molecule has 0 radical (unpaired) electrons. The van der Waals surface area contributed by atoms with Gasteiger partial charge in [0, 0.05) is 25.7 Å². The van der Waals surface area contributed by atoms with Gasteiger partial charge in [-0.2, -0.15) is 0 Å². The van der Waals surface area contributed by atoms with Crippen molar-refractivity contribution in [2.75, 3.05) is 39.6 Å². The van der Waals surface area contributed by atoms with Crippen molar-refractivity contribution in [2.45, 2.75) is 471 Å². The van der Waals surface area contributed by atoms with Crippen molar-refractivity contribution in [2.24, 2.45) is 17.8 Å². The fraction of sp³-hybridized carbons (Fsp3) is 0.953. The van der Waals surface area contributed by atoms with Crippen molar-refractivity contribution in [1.29, 1.82) is 0 Å². The molecule has 0 rings (SSSR count). The number of aliphatic hydroxyl groups is 1. The van der Waals surface area contributed by atoms with Crippen LogP contribution in [0.25, 0.3) is 0 Å². The summed E-state index contributed by atoms with van der Waals surface area (Å²) in [4.78, 5) is 73.2. The van der Waals surface area contributed by atoms with Gasteiger partial charge in [-0.05, 0) is 43.4 Å². The van der Waals surface area contributed by atoms with Gasteiger partial charge in [-0.3, -0.25) is 37.3 Å². The van der Waals surface area contributed by atoms with Crippen LogP contribution in [0.5, 0.6) is 0 Å². The highest BCUT2D eigenvalue weighted by molar-refractivity contribution is 7.47. The Balaban J connectivity index is 5.25. The van der Waals surface area contributed by atoms with Crippen molar-refractivity contribution < 1.29 is 80.2 Å². The minimum absolute atomic E-state index is 0.106. The molecule has 4 unspecified atom stereocenters. The first-order valence-electron chi connectivity index (χ1n) is 44.4. The molecule has 0 aromatic heterocycles. The number of aliphatic hydroxyl groups excluding tert-OH is 1. The van der Waals surface area contributed by atoms with E-state index >= 15 is 0 Å². The highest BCUT2D eigenvalue weighted by atomic mass is 31.2. The topological polar surface area (TPSA) is 237 Å². The number of esters is 4. The molecular weight excluding hydrogens is 1370 g/mol. The summed E-state index contributed by atoms with van der Waals surface area (Å²) in [5, 5.41) is 10.7. The molecule has 0 aromatic rings. The number of unbranched alkanes of at least 4 members (excludes halogenated alkanes) is 50. The van der Waals surface area contributed by atoms with Gasteiger partial charge in [-0.25, -0.2) is 9.13 Å². The Bertz CT molecular complexity index is 2030. The van der Waals surface area contributed by atoms with Crippen LogP contribution >= 0.6 is 15.6 Å². The van der Waals surface area contributed by atoms with Crippen LogP contribution in [-0.2, 0) is 65.4 Å². The van der Waals surface area contributed by atoms with Crippen LogP contribution in [-0.4, -0.2) is 96.7 Å². The fourth-order valence-electron chi connectivity index (χ4n) is 13.3. The number of hydrogen-bond acceptors (Lipinski definition) is 15. The lowest BCUT2D eigenvalue weighted by atomic mass is 9.99. The van der Waals surface area contributed by atoms with E-state index in [2.05, 4.69) is 48.5 Å². The van der Waals surface area contributed by atoms with Crippen LogP contribution in [0.4, 0.5) is 0 Å². The lowest BCUT2D eigenvalue weighted by Crippen LogP contribution is -2.30. The van der Waals surface area contributed by atoms with Gasteiger partial charge >= 0.3 is 39.5 Å². The van der Waals surface area contributed by atoms with Gasteiger partial charge < -0.3 is 33.8 Å². The van der Waals surface area contributed by atoms with Gasteiger partial charge in [0.15, 0.2) is 12.2 Å². The van der Waals surface area contributed by atoms with Gasteiger partial charge in [0.1, 0.15) is 19.3 Å². The largest absolute Gasteiger partial charge is 0.472 e. The Kier molecular flexibility index (Phi) is 74.7. The van der Waals surface area contributed by atoms with Crippen LogP contribution in [0.2, 0.25) is 0 Å². The van der Waals surface area contributed by atoms with Gasteiger partial charge in [-0.15, -0.1) is 0 Å². The highest BCUT2D eigenvalue weighted by Gasteiger charge is 2.30. The van der Waals surface area contributed by atoms with E-state index < -0.39 is 97.5 Å². The first-order chi connectivity index (χ1) is 50.8. The second kappa shape index (κ2) is 76.1. The predicted octanol–water partition coefficient (Wildman–Crippen LogP) is 26.1. The molecule has 0 heterocycles. The summed E-state index contributed by atoms with van der Waals surface area (Å²) in [6, 6.07) is 0. The SMILES string of the molecule is CCCCCCCCCCCCCCCCCCC(=O)OC[C@H](COP(=O)(O)OC[C@@H](O)COP(=O)(O)OC[C@@H](COC(=O)CCCCCCCCCCCCC(C)C)OC(=O)CCCCCCCCCCCCC(C)CC)OC(=O)CCCCCCCCCCCCCCCCCCCCC(C)CC. The number of carbonyl (C=O) groups is 4. The molecular formula is C86H168O17P2. The second-order valence-corrected chi connectivity index (χ2v) is 34.8. The Labute approximate surface area is 645 Å². The third-order valence-corrected chi connectivity index (χ3v) is 22.8. The smallest absolute Gasteiger partial charge is 0.462 e. The summed E-state index contributed by atoms with van der Waals surface area (Å²) >= 11 is 0. The average Bonchev–Trinajstić information content (AvgIpc) is 0.916. The van der Waals surface area contributed by atoms with E-state index in [-0.39, 0.29) is 25.7 Å². The van der Waals surface area contributed by atoms with E-state index in [9.17, 15) is 43.2 Å². The number of phosphoric ester groups is 2. The average molecular weight is 1540 g/mol. The maximum Gasteiger partial charge on any atom is 0.472 e. The standard InChI is InChI=1S/C86H168O17P2/c1-8-11-12-13-14-15-16-17-18-24-27-30-39-46-53-60-67-83(88)96-73-81(102-85(90)69-62-55-48-41-31-28-25-22-20-19-21-23-26-29-37-44-51-58-65-78(6)9-2)75-100-104(92,93)98-71-80(87)72-99-105(94,95)101-76-82(74-97-84(89)68-61-54-47-40-34-32-36-43-50-57-64-77(4)5)103-86(91)70-63-56-49-42-35-33-38-45-52-59-66-79(7)10-3/h77-82,87H,8-76H2,1-7H3,(H,92,93)(H,94,95)/t78?,79?,80-,81-,82-/m1/s1. The summed E-state index contributed by atoms with van der Waals surface area (Å²) in [6.45, 7) is 12.1. The van der Waals surface area contributed by atoms with Crippen LogP contribution in [0.3, 0.4) is 0 Å². The van der Waals surface area contributed by atoms with E-state index in [1.165, 1.54) is 263 Å².